The van der Waals surface area contributed by atoms with Crippen molar-refractivity contribution in [2.24, 2.45) is 5.73 Å². The van der Waals surface area contributed by atoms with E-state index >= 15 is 0 Å². The summed E-state index contributed by atoms with van der Waals surface area (Å²) in [6.45, 7) is 9.71. The fourth-order valence-corrected chi connectivity index (χ4v) is 3.51. The Kier molecular flexibility index (Phi) is 5.01. The average Bonchev–Trinajstić information content (AvgIpc) is 2.95. The number of aromatic amines is 1. The highest BCUT2D eigenvalue weighted by molar-refractivity contribution is 5.92. The lowest BCUT2D eigenvalue weighted by Gasteiger charge is -2.19. The Morgan fingerprint density at radius 3 is 2.32 bits per heavy atom. The van der Waals surface area contributed by atoms with Crippen molar-refractivity contribution in [2.45, 2.75) is 52.4 Å². The van der Waals surface area contributed by atoms with Crippen LogP contribution in [0.5, 0.6) is 0 Å². The van der Waals surface area contributed by atoms with Gasteiger partial charge in [-0.3, -0.25) is 0 Å². The molecule has 0 aliphatic heterocycles. The van der Waals surface area contributed by atoms with E-state index in [4.69, 9.17) is 5.73 Å². The first-order valence-electron chi connectivity index (χ1n) is 9.33. The van der Waals surface area contributed by atoms with Gasteiger partial charge in [0.2, 0.25) is 0 Å². The first kappa shape index (κ1) is 17.8. The van der Waals surface area contributed by atoms with Gasteiger partial charge in [0.25, 0.3) is 0 Å². The summed E-state index contributed by atoms with van der Waals surface area (Å²) in [6.07, 6.45) is 3.27. The molecule has 0 aliphatic carbocycles. The molecule has 2 aromatic carbocycles. The van der Waals surface area contributed by atoms with Crippen molar-refractivity contribution in [3.05, 3.63) is 59.2 Å². The molecule has 25 heavy (non-hydrogen) atoms. The van der Waals surface area contributed by atoms with Crippen molar-refractivity contribution in [3.8, 4) is 11.3 Å². The Morgan fingerprint density at radius 1 is 0.960 bits per heavy atom. The highest BCUT2D eigenvalue weighted by atomic mass is 14.7. The second-order valence-electron chi connectivity index (χ2n) is 8.05. The number of aromatic nitrogens is 1. The molecule has 0 radical (unpaired) electrons. The molecule has 0 saturated carbocycles. The molecule has 3 N–H and O–H groups in total. The zero-order chi connectivity index (χ0) is 18.0. The Labute approximate surface area is 151 Å². The number of benzene rings is 2. The topological polar surface area (TPSA) is 41.8 Å². The van der Waals surface area contributed by atoms with E-state index in [1.165, 1.54) is 38.9 Å². The summed E-state index contributed by atoms with van der Waals surface area (Å²) in [7, 11) is 0. The molecule has 0 atom stereocenters. The maximum atomic E-state index is 5.70. The van der Waals surface area contributed by atoms with E-state index in [0.717, 1.165) is 25.8 Å². The second kappa shape index (κ2) is 7.05. The normalized spacial score (nSPS) is 12.0. The number of nitrogens with two attached hydrogens (primary N) is 1. The molecule has 2 heteroatoms. The minimum absolute atomic E-state index is 0.180. The van der Waals surface area contributed by atoms with E-state index in [0.29, 0.717) is 0 Å². The zero-order valence-electron chi connectivity index (χ0n) is 15.9. The predicted molar refractivity (Wildman–Crippen MR) is 109 cm³/mol. The summed E-state index contributed by atoms with van der Waals surface area (Å²) in [5, 5.41) is 1.35. The highest BCUT2D eigenvalue weighted by Crippen LogP contribution is 2.34. The van der Waals surface area contributed by atoms with E-state index in [-0.39, 0.29) is 5.41 Å². The van der Waals surface area contributed by atoms with Gasteiger partial charge in [0.1, 0.15) is 0 Å². The molecule has 1 heterocycles. The Morgan fingerprint density at radius 2 is 1.68 bits per heavy atom. The van der Waals surface area contributed by atoms with Gasteiger partial charge in [-0.1, -0.05) is 63.2 Å². The lowest BCUT2D eigenvalue weighted by atomic mass is 9.86. The molecule has 0 aliphatic rings. The van der Waals surface area contributed by atoms with Crippen LogP contribution in [0.15, 0.2) is 42.5 Å². The molecule has 0 saturated heterocycles. The lowest BCUT2D eigenvalue weighted by Crippen LogP contribution is -2.10. The minimum atomic E-state index is 0.180. The van der Waals surface area contributed by atoms with Crippen LogP contribution in [0, 0.1) is 6.92 Å². The molecule has 1 aromatic heterocycles. The third-order valence-corrected chi connectivity index (χ3v) is 5.07. The van der Waals surface area contributed by atoms with Gasteiger partial charge < -0.3 is 10.7 Å². The molecular formula is C23H30N2. The van der Waals surface area contributed by atoms with Gasteiger partial charge in [-0.05, 0) is 60.4 Å². The molecular weight excluding hydrogens is 304 g/mol. The maximum Gasteiger partial charge on any atom is 0.0497 e. The quantitative estimate of drug-likeness (QED) is 0.575. The maximum absolute atomic E-state index is 5.70. The Bertz CT molecular complexity index is 848. The third kappa shape index (κ3) is 3.64. The van der Waals surface area contributed by atoms with Crippen LogP contribution in [-0.4, -0.2) is 11.5 Å². The molecule has 0 spiro atoms. The second-order valence-corrected chi connectivity index (χ2v) is 8.05. The molecule has 0 fully saturated rings. The first-order valence-corrected chi connectivity index (χ1v) is 9.33. The van der Waals surface area contributed by atoms with Crippen molar-refractivity contribution < 1.29 is 0 Å². The number of H-pyrrole nitrogens is 1. The van der Waals surface area contributed by atoms with Crippen LogP contribution in [0.1, 0.15) is 50.3 Å². The number of unbranched alkanes of at least 4 members (excludes halogenated alkanes) is 1. The Balaban J connectivity index is 2.08. The molecule has 0 amide bonds. The Hall–Kier alpha value is -2.06. The summed E-state index contributed by atoms with van der Waals surface area (Å²) in [6, 6.07) is 15.6. The average molecular weight is 335 g/mol. The standard InChI is InChI=1S/C23H30N2/c1-16-8-7-10-19-20(9-5-6-15-24)22(25-21(16)19)17-11-13-18(14-12-17)23(2,3)4/h7-8,10-14,25H,5-6,9,15,24H2,1-4H3. The smallest absolute Gasteiger partial charge is 0.0497 e. The van der Waals surface area contributed by atoms with Crippen molar-refractivity contribution in [3.63, 3.8) is 0 Å². The number of hydrogen-bond acceptors (Lipinski definition) is 1. The van der Waals surface area contributed by atoms with Crippen molar-refractivity contribution in [1.29, 1.82) is 0 Å². The van der Waals surface area contributed by atoms with Gasteiger partial charge in [0, 0.05) is 16.6 Å². The van der Waals surface area contributed by atoms with Gasteiger partial charge in [0.15, 0.2) is 0 Å². The van der Waals surface area contributed by atoms with Crippen LogP contribution in [-0.2, 0) is 11.8 Å². The largest absolute Gasteiger partial charge is 0.354 e. The summed E-state index contributed by atoms with van der Waals surface area (Å²) < 4.78 is 0. The van der Waals surface area contributed by atoms with Gasteiger partial charge in [-0.2, -0.15) is 0 Å². The number of rotatable bonds is 5. The van der Waals surface area contributed by atoms with Gasteiger partial charge in [-0.25, -0.2) is 0 Å². The van der Waals surface area contributed by atoms with Gasteiger partial charge in [0.05, 0.1) is 0 Å². The van der Waals surface area contributed by atoms with E-state index < -0.39 is 0 Å². The summed E-state index contributed by atoms with van der Waals surface area (Å²) >= 11 is 0. The van der Waals surface area contributed by atoms with Crippen molar-refractivity contribution in [2.75, 3.05) is 6.54 Å². The fourth-order valence-electron chi connectivity index (χ4n) is 3.51. The van der Waals surface area contributed by atoms with Crippen LogP contribution >= 0.6 is 0 Å². The SMILES string of the molecule is Cc1cccc2c(CCCCN)c(-c3ccc(C(C)(C)C)cc3)[nH]c12. The zero-order valence-corrected chi connectivity index (χ0v) is 15.9. The highest BCUT2D eigenvalue weighted by Gasteiger charge is 2.16. The predicted octanol–water partition coefficient (Wildman–Crippen LogP) is 5.72. The van der Waals surface area contributed by atoms with Crippen LogP contribution in [0.2, 0.25) is 0 Å². The van der Waals surface area contributed by atoms with Crippen molar-refractivity contribution >= 4 is 10.9 Å². The number of para-hydroxylation sites is 1. The molecule has 3 aromatic rings. The number of fused-ring (bicyclic) bond motifs is 1. The van der Waals surface area contributed by atoms with Gasteiger partial charge in [-0.15, -0.1) is 0 Å². The third-order valence-electron chi connectivity index (χ3n) is 5.07. The van der Waals surface area contributed by atoms with Crippen LogP contribution < -0.4 is 5.73 Å². The number of hydrogen-bond donors (Lipinski definition) is 2. The monoisotopic (exact) mass is 334 g/mol. The molecule has 132 valence electrons. The van der Waals surface area contributed by atoms with Gasteiger partial charge >= 0.3 is 0 Å². The lowest BCUT2D eigenvalue weighted by molar-refractivity contribution is 0.590. The fraction of sp³-hybridized carbons (Fsp3) is 0.391. The molecule has 0 bridgehead atoms. The van der Waals surface area contributed by atoms with E-state index in [1.54, 1.807) is 0 Å². The summed E-state index contributed by atoms with van der Waals surface area (Å²) in [5.74, 6) is 0. The molecule has 3 rings (SSSR count). The summed E-state index contributed by atoms with van der Waals surface area (Å²) in [5.41, 5.74) is 13.8. The van der Waals surface area contributed by atoms with Crippen LogP contribution in [0.25, 0.3) is 22.2 Å². The van der Waals surface area contributed by atoms with E-state index in [2.05, 4.69) is 75.1 Å². The minimum Gasteiger partial charge on any atom is -0.354 e. The number of nitrogens with one attached hydrogen (secondary N) is 1. The first-order chi connectivity index (χ1) is 11.9. The molecule has 0 unspecified atom stereocenters. The van der Waals surface area contributed by atoms with E-state index in [9.17, 15) is 0 Å². The molecule has 2 nitrogen and oxygen atoms in total. The number of aryl methyl sites for hydroxylation is 2. The summed E-state index contributed by atoms with van der Waals surface area (Å²) in [4.78, 5) is 3.70. The van der Waals surface area contributed by atoms with Crippen LogP contribution in [0.3, 0.4) is 0 Å². The van der Waals surface area contributed by atoms with Crippen molar-refractivity contribution in [1.82, 2.24) is 4.98 Å². The van der Waals surface area contributed by atoms with Crippen LogP contribution in [0.4, 0.5) is 0 Å². The van der Waals surface area contributed by atoms with E-state index in [1.807, 2.05) is 0 Å².